The number of aryl methyl sites for hydroxylation is 1. The van der Waals surface area contributed by atoms with Crippen LogP contribution in [0.3, 0.4) is 0 Å². The van der Waals surface area contributed by atoms with E-state index >= 15 is 0 Å². The summed E-state index contributed by atoms with van der Waals surface area (Å²) in [4.78, 5) is 4.27. The Morgan fingerprint density at radius 1 is 1.35 bits per heavy atom. The third-order valence-electron chi connectivity index (χ3n) is 3.03. The Labute approximate surface area is 117 Å². The van der Waals surface area contributed by atoms with Crippen LogP contribution in [-0.2, 0) is 16.0 Å². The number of nitrogens with zero attached hydrogens (tertiary/aromatic N) is 3. The third-order valence-corrected chi connectivity index (χ3v) is 3.03. The van der Waals surface area contributed by atoms with Crippen LogP contribution in [0.15, 0.2) is 18.2 Å². The summed E-state index contributed by atoms with van der Waals surface area (Å²) >= 11 is 0. The molecule has 0 fully saturated rings. The molecule has 0 amide bonds. The molecular formula is C14H18N4O2. The second-order valence-electron chi connectivity index (χ2n) is 4.37. The molecule has 0 spiro atoms. The molecule has 0 bridgehead atoms. The minimum Gasteiger partial charge on any atom is -0.382 e. The Bertz CT molecular complexity index is 615. The lowest BCUT2D eigenvalue weighted by atomic mass is 10.2. The van der Waals surface area contributed by atoms with E-state index in [0.29, 0.717) is 43.4 Å². The Kier molecular flexibility index (Phi) is 4.93. The van der Waals surface area contributed by atoms with E-state index in [2.05, 4.69) is 11.1 Å². The smallest absolute Gasteiger partial charge is 0.201 e. The van der Waals surface area contributed by atoms with Gasteiger partial charge in [-0.05, 0) is 18.6 Å². The molecule has 0 aliphatic heterocycles. The largest absolute Gasteiger partial charge is 0.382 e. The molecule has 1 heterocycles. The monoisotopic (exact) mass is 274 g/mol. The van der Waals surface area contributed by atoms with Gasteiger partial charge in [0.1, 0.15) is 11.6 Å². The van der Waals surface area contributed by atoms with E-state index in [1.54, 1.807) is 13.2 Å². The number of fused-ring (bicyclic) bond motifs is 1. The van der Waals surface area contributed by atoms with E-state index in [9.17, 15) is 0 Å². The fourth-order valence-electron chi connectivity index (χ4n) is 2.06. The van der Waals surface area contributed by atoms with Gasteiger partial charge in [-0.2, -0.15) is 5.26 Å². The minimum absolute atomic E-state index is 0.430. The van der Waals surface area contributed by atoms with Crippen LogP contribution in [0.2, 0.25) is 0 Å². The van der Waals surface area contributed by atoms with E-state index in [4.69, 9.17) is 20.5 Å². The summed E-state index contributed by atoms with van der Waals surface area (Å²) in [6.07, 6.45) is 0.830. The molecule has 1 aromatic heterocycles. The predicted molar refractivity (Wildman–Crippen MR) is 76.2 cm³/mol. The fraction of sp³-hybridized carbons (Fsp3) is 0.429. The van der Waals surface area contributed by atoms with Crippen LogP contribution in [0, 0.1) is 11.3 Å². The number of hydrogen-bond donors (Lipinski definition) is 1. The van der Waals surface area contributed by atoms with Crippen molar-refractivity contribution in [3.8, 4) is 6.07 Å². The van der Waals surface area contributed by atoms with Gasteiger partial charge in [-0.25, -0.2) is 4.98 Å². The number of hydrogen-bond acceptors (Lipinski definition) is 5. The van der Waals surface area contributed by atoms with Gasteiger partial charge in [0.2, 0.25) is 5.95 Å². The molecule has 2 rings (SSSR count). The van der Waals surface area contributed by atoms with Gasteiger partial charge < -0.3 is 19.8 Å². The van der Waals surface area contributed by atoms with Crippen molar-refractivity contribution in [3.05, 3.63) is 23.8 Å². The molecule has 0 atom stereocenters. The average molecular weight is 274 g/mol. The molecule has 1 aromatic carbocycles. The highest BCUT2D eigenvalue weighted by atomic mass is 16.5. The summed E-state index contributed by atoms with van der Waals surface area (Å²) in [6.45, 7) is 2.54. The molecule has 0 unspecified atom stereocenters. The van der Waals surface area contributed by atoms with Crippen LogP contribution in [0.5, 0.6) is 0 Å². The fourth-order valence-corrected chi connectivity index (χ4v) is 2.06. The van der Waals surface area contributed by atoms with Crippen molar-refractivity contribution >= 4 is 17.0 Å². The number of anilines is 1. The first-order valence-electron chi connectivity index (χ1n) is 6.49. The van der Waals surface area contributed by atoms with Crippen LogP contribution < -0.4 is 5.73 Å². The number of benzene rings is 1. The van der Waals surface area contributed by atoms with Crippen molar-refractivity contribution in [2.24, 2.45) is 0 Å². The molecule has 106 valence electrons. The molecule has 0 saturated heterocycles. The zero-order chi connectivity index (χ0) is 14.4. The number of ether oxygens (including phenoxy) is 2. The van der Waals surface area contributed by atoms with Gasteiger partial charge in [-0.3, -0.25) is 0 Å². The number of rotatable bonds is 7. The molecule has 0 saturated carbocycles. The maximum absolute atomic E-state index is 9.06. The summed E-state index contributed by atoms with van der Waals surface area (Å²) in [6, 6.07) is 7.64. The van der Waals surface area contributed by atoms with Gasteiger partial charge in [0.25, 0.3) is 0 Å². The molecule has 0 aliphatic rings. The van der Waals surface area contributed by atoms with E-state index < -0.39 is 0 Å². The average Bonchev–Trinajstić information content (AvgIpc) is 2.78. The predicted octanol–water partition coefficient (Wildman–Crippen LogP) is 1.54. The molecule has 2 aromatic rings. The minimum atomic E-state index is 0.430. The number of nitriles is 1. The molecule has 0 radical (unpaired) electrons. The van der Waals surface area contributed by atoms with E-state index in [-0.39, 0.29) is 0 Å². The first kappa shape index (κ1) is 14.3. The maximum Gasteiger partial charge on any atom is 0.201 e. The van der Waals surface area contributed by atoms with Crippen molar-refractivity contribution in [2.45, 2.75) is 13.0 Å². The highest BCUT2D eigenvalue weighted by molar-refractivity contribution is 5.83. The second kappa shape index (κ2) is 6.89. The quantitative estimate of drug-likeness (QED) is 0.774. The highest BCUT2D eigenvalue weighted by Gasteiger charge is 2.10. The number of methoxy groups -OCH3 is 1. The lowest BCUT2D eigenvalue weighted by Crippen LogP contribution is -2.08. The van der Waals surface area contributed by atoms with Crippen LogP contribution in [0.4, 0.5) is 5.95 Å². The number of aromatic nitrogens is 2. The van der Waals surface area contributed by atoms with E-state index in [1.165, 1.54) is 0 Å². The normalized spacial score (nSPS) is 10.8. The molecule has 20 heavy (non-hydrogen) atoms. The van der Waals surface area contributed by atoms with Gasteiger partial charge in [0.15, 0.2) is 0 Å². The maximum atomic E-state index is 9.06. The second-order valence-corrected chi connectivity index (χ2v) is 4.37. The Hall–Kier alpha value is -2.10. The molecule has 6 heteroatoms. The van der Waals surface area contributed by atoms with Gasteiger partial charge in [-0.15, -0.1) is 0 Å². The molecule has 6 nitrogen and oxygen atoms in total. The summed E-state index contributed by atoms with van der Waals surface area (Å²) in [7, 11) is 1.65. The van der Waals surface area contributed by atoms with Crippen molar-refractivity contribution in [2.75, 3.05) is 32.7 Å². The Morgan fingerprint density at radius 2 is 2.20 bits per heavy atom. The number of imidazole rings is 1. The van der Waals surface area contributed by atoms with Crippen LogP contribution in [0.1, 0.15) is 12.0 Å². The summed E-state index contributed by atoms with van der Waals surface area (Å²) in [5, 5.41) is 9.06. The standard InChI is InChI=1S/C14H18N4O2/c1-19-8-9-20-7-3-6-18-12-5-2-4-11(10-15)13(12)17-14(18)16/h2,4-5H,3,6-9H2,1H3,(H2,16,17). The zero-order valence-electron chi connectivity index (χ0n) is 11.5. The Balaban J connectivity index is 2.03. The zero-order valence-corrected chi connectivity index (χ0v) is 11.5. The van der Waals surface area contributed by atoms with Gasteiger partial charge in [-0.1, -0.05) is 6.07 Å². The molecule has 2 N–H and O–H groups in total. The SMILES string of the molecule is COCCOCCCn1c(N)nc2c(C#N)cccc21. The molecular weight excluding hydrogens is 256 g/mol. The number of nitrogen functional groups attached to an aromatic ring is 1. The van der Waals surface area contributed by atoms with Crippen molar-refractivity contribution < 1.29 is 9.47 Å². The number of para-hydroxylation sites is 1. The summed E-state index contributed by atoms with van der Waals surface area (Å²) < 4.78 is 12.2. The topological polar surface area (TPSA) is 86.1 Å². The lowest BCUT2D eigenvalue weighted by molar-refractivity contribution is 0.0682. The summed E-state index contributed by atoms with van der Waals surface area (Å²) in [5.41, 5.74) is 8.01. The van der Waals surface area contributed by atoms with Gasteiger partial charge >= 0.3 is 0 Å². The third kappa shape index (κ3) is 3.07. The summed E-state index contributed by atoms with van der Waals surface area (Å²) in [5.74, 6) is 0.430. The van der Waals surface area contributed by atoms with E-state index in [1.807, 2.05) is 16.7 Å². The van der Waals surface area contributed by atoms with Gasteiger partial charge in [0.05, 0.1) is 24.3 Å². The van der Waals surface area contributed by atoms with Crippen LogP contribution in [0.25, 0.3) is 11.0 Å². The van der Waals surface area contributed by atoms with Gasteiger partial charge in [0, 0.05) is 20.3 Å². The lowest BCUT2D eigenvalue weighted by Gasteiger charge is -2.07. The first-order valence-corrected chi connectivity index (χ1v) is 6.49. The van der Waals surface area contributed by atoms with E-state index in [0.717, 1.165) is 11.9 Å². The van der Waals surface area contributed by atoms with Crippen LogP contribution in [-0.4, -0.2) is 36.5 Å². The Morgan fingerprint density at radius 3 is 2.95 bits per heavy atom. The van der Waals surface area contributed by atoms with Crippen LogP contribution >= 0.6 is 0 Å². The molecule has 0 aliphatic carbocycles. The first-order chi connectivity index (χ1) is 9.77. The highest BCUT2D eigenvalue weighted by Crippen LogP contribution is 2.21. The van der Waals surface area contributed by atoms with Crippen molar-refractivity contribution in [1.29, 1.82) is 5.26 Å². The van der Waals surface area contributed by atoms with Crippen molar-refractivity contribution in [1.82, 2.24) is 9.55 Å². The number of nitrogens with two attached hydrogens (primary N) is 1. The van der Waals surface area contributed by atoms with Crippen molar-refractivity contribution in [3.63, 3.8) is 0 Å².